The summed E-state index contributed by atoms with van der Waals surface area (Å²) in [4.78, 5) is 11.4. The zero-order valence-corrected chi connectivity index (χ0v) is 10.8. The van der Waals surface area contributed by atoms with Crippen LogP contribution < -0.4 is 16.8 Å². The lowest BCUT2D eigenvalue weighted by molar-refractivity contribution is -0.116. The minimum absolute atomic E-state index is 0.132. The molecule has 1 aromatic carbocycles. The summed E-state index contributed by atoms with van der Waals surface area (Å²) in [5.41, 5.74) is 12.7. The van der Waals surface area contributed by atoms with E-state index >= 15 is 0 Å². The van der Waals surface area contributed by atoms with Gasteiger partial charge in [0.05, 0.1) is 6.61 Å². The Labute approximate surface area is 113 Å². The zero-order chi connectivity index (χ0) is 14.1. The average Bonchev–Trinajstić information content (AvgIpc) is 2.40. The van der Waals surface area contributed by atoms with E-state index in [1.807, 2.05) is 0 Å². The Hall–Kier alpha value is -1.87. The molecule has 0 saturated carbocycles. The molecular formula is C14H19N3O2. The van der Waals surface area contributed by atoms with E-state index in [1.54, 1.807) is 18.2 Å². The lowest BCUT2D eigenvalue weighted by atomic mass is 10.1. The maximum Gasteiger partial charge on any atom is 0.225 e. The first-order chi connectivity index (χ1) is 9.21. The Bertz CT molecular complexity index is 489. The number of benzene rings is 1. The van der Waals surface area contributed by atoms with Crippen LogP contribution in [-0.4, -0.2) is 24.1 Å². The molecule has 102 valence electrons. The quantitative estimate of drug-likeness (QED) is 0.567. The lowest BCUT2D eigenvalue weighted by Crippen LogP contribution is -2.16. The van der Waals surface area contributed by atoms with Crippen molar-refractivity contribution in [3.05, 3.63) is 29.3 Å². The van der Waals surface area contributed by atoms with E-state index in [9.17, 15) is 9.90 Å². The highest BCUT2D eigenvalue weighted by atomic mass is 16.3. The van der Waals surface area contributed by atoms with Crippen molar-refractivity contribution in [2.45, 2.75) is 19.4 Å². The third-order valence-electron chi connectivity index (χ3n) is 2.42. The second kappa shape index (κ2) is 8.27. The van der Waals surface area contributed by atoms with Crippen molar-refractivity contribution in [1.29, 1.82) is 0 Å². The topological polar surface area (TPSA) is 101 Å². The van der Waals surface area contributed by atoms with E-state index in [-0.39, 0.29) is 18.9 Å². The molecule has 0 aliphatic carbocycles. The first-order valence-corrected chi connectivity index (χ1v) is 6.14. The Kier molecular flexibility index (Phi) is 6.61. The van der Waals surface area contributed by atoms with Gasteiger partial charge in [-0.25, -0.2) is 0 Å². The third kappa shape index (κ3) is 5.10. The SMILES string of the molecule is NCCC#Cc1ccc(NC(=O)CCN)cc1CO. The summed E-state index contributed by atoms with van der Waals surface area (Å²) in [6, 6.07) is 5.23. The number of anilines is 1. The van der Waals surface area contributed by atoms with Crippen LogP contribution in [0.25, 0.3) is 0 Å². The molecule has 0 heterocycles. The molecule has 1 aromatic rings. The van der Waals surface area contributed by atoms with Gasteiger partial charge in [-0.3, -0.25) is 4.79 Å². The van der Waals surface area contributed by atoms with Crippen molar-refractivity contribution in [3.63, 3.8) is 0 Å². The second-order valence-electron chi connectivity index (χ2n) is 3.96. The van der Waals surface area contributed by atoms with E-state index in [2.05, 4.69) is 17.2 Å². The van der Waals surface area contributed by atoms with Crippen LogP contribution in [0.5, 0.6) is 0 Å². The molecule has 0 aliphatic rings. The summed E-state index contributed by atoms with van der Waals surface area (Å²) >= 11 is 0. The van der Waals surface area contributed by atoms with Gasteiger partial charge in [0.15, 0.2) is 0 Å². The first-order valence-electron chi connectivity index (χ1n) is 6.14. The van der Waals surface area contributed by atoms with Gasteiger partial charge in [-0.15, -0.1) is 0 Å². The summed E-state index contributed by atoms with van der Waals surface area (Å²) in [6.07, 6.45) is 0.881. The number of hydrogen-bond donors (Lipinski definition) is 4. The molecule has 5 nitrogen and oxygen atoms in total. The molecule has 0 spiro atoms. The molecule has 5 heteroatoms. The smallest absolute Gasteiger partial charge is 0.225 e. The molecular weight excluding hydrogens is 242 g/mol. The fourth-order valence-corrected chi connectivity index (χ4v) is 1.51. The van der Waals surface area contributed by atoms with Crippen LogP contribution in [-0.2, 0) is 11.4 Å². The van der Waals surface area contributed by atoms with Crippen LogP contribution in [0.1, 0.15) is 24.0 Å². The van der Waals surface area contributed by atoms with E-state index < -0.39 is 0 Å². The van der Waals surface area contributed by atoms with Crippen LogP contribution in [0.3, 0.4) is 0 Å². The molecule has 19 heavy (non-hydrogen) atoms. The molecule has 0 aromatic heterocycles. The van der Waals surface area contributed by atoms with E-state index in [0.717, 1.165) is 5.56 Å². The van der Waals surface area contributed by atoms with Crippen molar-refractivity contribution >= 4 is 11.6 Å². The highest BCUT2D eigenvalue weighted by Crippen LogP contribution is 2.15. The normalized spacial score (nSPS) is 9.63. The molecule has 0 aliphatic heterocycles. The maximum absolute atomic E-state index is 11.4. The molecule has 0 radical (unpaired) electrons. The minimum atomic E-state index is -0.145. The van der Waals surface area contributed by atoms with Gasteiger partial charge in [0.2, 0.25) is 5.91 Å². The number of nitrogens with one attached hydrogen (secondary N) is 1. The summed E-state index contributed by atoms with van der Waals surface area (Å²) in [7, 11) is 0. The second-order valence-corrected chi connectivity index (χ2v) is 3.96. The third-order valence-corrected chi connectivity index (χ3v) is 2.42. The number of hydrogen-bond acceptors (Lipinski definition) is 4. The van der Waals surface area contributed by atoms with Crippen molar-refractivity contribution < 1.29 is 9.90 Å². The maximum atomic E-state index is 11.4. The molecule has 1 rings (SSSR count). The number of nitrogens with two attached hydrogens (primary N) is 2. The molecule has 0 atom stereocenters. The van der Waals surface area contributed by atoms with Crippen molar-refractivity contribution in [1.82, 2.24) is 0 Å². The summed E-state index contributed by atoms with van der Waals surface area (Å²) < 4.78 is 0. The molecule has 1 amide bonds. The van der Waals surface area contributed by atoms with Crippen LogP contribution in [0.4, 0.5) is 5.69 Å². The molecule has 0 saturated heterocycles. The largest absolute Gasteiger partial charge is 0.392 e. The van der Waals surface area contributed by atoms with E-state index in [4.69, 9.17) is 11.5 Å². The van der Waals surface area contributed by atoms with Crippen molar-refractivity contribution in [3.8, 4) is 11.8 Å². The van der Waals surface area contributed by atoms with Gasteiger partial charge in [0.25, 0.3) is 0 Å². The number of aliphatic hydroxyl groups excluding tert-OH is 1. The fraction of sp³-hybridized carbons (Fsp3) is 0.357. The lowest BCUT2D eigenvalue weighted by Gasteiger charge is -2.07. The van der Waals surface area contributed by atoms with Gasteiger partial charge in [0.1, 0.15) is 0 Å². The molecule has 6 N–H and O–H groups in total. The number of rotatable bonds is 5. The Morgan fingerprint density at radius 3 is 2.74 bits per heavy atom. The van der Waals surface area contributed by atoms with Gasteiger partial charge in [-0.2, -0.15) is 0 Å². The van der Waals surface area contributed by atoms with Crippen LogP contribution >= 0.6 is 0 Å². The van der Waals surface area contributed by atoms with Crippen LogP contribution in [0.15, 0.2) is 18.2 Å². The molecule has 0 unspecified atom stereocenters. The average molecular weight is 261 g/mol. The molecule has 0 fully saturated rings. The highest BCUT2D eigenvalue weighted by Gasteiger charge is 2.04. The van der Waals surface area contributed by atoms with Crippen LogP contribution in [0, 0.1) is 11.8 Å². The standard InChI is InChI=1S/C14H19N3O2/c15-7-2-1-3-11-4-5-13(9-12(11)10-18)17-14(19)6-8-16/h4-5,9,18H,2,6-8,10,15-16H2,(H,17,19). The zero-order valence-electron chi connectivity index (χ0n) is 10.8. The first kappa shape index (κ1) is 15.2. The summed E-state index contributed by atoms with van der Waals surface area (Å²) in [5, 5.41) is 12.0. The predicted molar refractivity (Wildman–Crippen MR) is 75.2 cm³/mol. The van der Waals surface area contributed by atoms with Gasteiger partial charge < -0.3 is 21.9 Å². The number of carbonyl (C=O) groups is 1. The highest BCUT2D eigenvalue weighted by molar-refractivity contribution is 5.91. The van der Waals surface area contributed by atoms with E-state index in [0.29, 0.717) is 30.8 Å². The van der Waals surface area contributed by atoms with Gasteiger partial charge in [-0.1, -0.05) is 11.8 Å². The van der Waals surface area contributed by atoms with Gasteiger partial charge in [-0.05, 0) is 23.8 Å². The summed E-state index contributed by atoms with van der Waals surface area (Å²) in [6.45, 7) is 0.684. The van der Waals surface area contributed by atoms with E-state index in [1.165, 1.54) is 0 Å². The minimum Gasteiger partial charge on any atom is -0.392 e. The number of amides is 1. The van der Waals surface area contributed by atoms with Gasteiger partial charge >= 0.3 is 0 Å². The van der Waals surface area contributed by atoms with Crippen molar-refractivity contribution in [2.75, 3.05) is 18.4 Å². The predicted octanol–water partition coefficient (Wildman–Crippen LogP) is 0.167. The summed E-state index contributed by atoms with van der Waals surface area (Å²) in [5.74, 6) is 5.72. The Morgan fingerprint density at radius 2 is 2.11 bits per heavy atom. The van der Waals surface area contributed by atoms with Gasteiger partial charge in [0, 0.05) is 37.2 Å². The Morgan fingerprint density at radius 1 is 1.32 bits per heavy atom. The number of aliphatic hydroxyl groups is 1. The fourth-order valence-electron chi connectivity index (χ4n) is 1.51. The number of carbonyl (C=O) groups excluding carboxylic acids is 1. The Balaban J connectivity index is 2.84. The van der Waals surface area contributed by atoms with Crippen molar-refractivity contribution in [2.24, 2.45) is 11.5 Å². The monoisotopic (exact) mass is 261 g/mol. The van der Waals surface area contributed by atoms with Crippen LogP contribution in [0.2, 0.25) is 0 Å². The molecule has 0 bridgehead atoms.